The van der Waals surface area contributed by atoms with E-state index in [1.54, 1.807) is 11.3 Å². The average molecular weight is 294 g/mol. The Morgan fingerprint density at radius 3 is 3.00 bits per heavy atom. The monoisotopic (exact) mass is 294 g/mol. The fourth-order valence-corrected chi connectivity index (χ4v) is 3.39. The lowest BCUT2D eigenvalue weighted by Crippen LogP contribution is -2.34. The molecule has 2 heterocycles. The minimum absolute atomic E-state index is 0.0334. The van der Waals surface area contributed by atoms with Crippen LogP contribution in [0.3, 0.4) is 0 Å². The lowest BCUT2D eigenvalue weighted by atomic mass is 10.2. The molecule has 20 heavy (non-hydrogen) atoms. The molecule has 3 rings (SSSR count). The number of thiophene rings is 1. The molecule has 4 nitrogen and oxygen atoms in total. The molecule has 1 aromatic heterocycles. The van der Waals surface area contributed by atoms with Gasteiger partial charge in [0.05, 0.1) is 6.61 Å². The highest BCUT2D eigenvalue weighted by molar-refractivity contribution is 7.07. The van der Waals surface area contributed by atoms with E-state index in [1.807, 2.05) is 4.90 Å². The predicted molar refractivity (Wildman–Crippen MR) is 79.6 cm³/mol. The molecule has 1 spiro atoms. The quantitative estimate of drug-likeness (QED) is 0.786. The van der Waals surface area contributed by atoms with Crippen molar-refractivity contribution < 1.29 is 9.53 Å². The van der Waals surface area contributed by atoms with Gasteiger partial charge in [-0.25, -0.2) is 0 Å². The van der Waals surface area contributed by atoms with Crippen LogP contribution in [0.4, 0.5) is 0 Å². The summed E-state index contributed by atoms with van der Waals surface area (Å²) in [5, 5.41) is 7.71. The molecule has 1 N–H and O–H groups in total. The molecule has 1 aliphatic carbocycles. The van der Waals surface area contributed by atoms with Gasteiger partial charge in [-0.2, -0.15) is 11.3 Å². The predicted octanol–water partition coefficient (Wildman–Crippen LogP) is 2.53. The molecular weight excluding hydrogens is 272 g/mol. The summed E-state index contributed by atoms with van der Waals surface area (Å²) in [4.78, 5) is 14.5. The molecule has 1 aromatic rings. The van der Waals surface area contributed by atoms with Crippen molar-refractivity contribution in [1.82, 2.24) is 10.2 Å². The first-order chi connectivity index (χ1) is 9.77. The number of hydrogen-bond donors (Lipinski definition) is 1. The largest absolute Gasteiger partial charge is 0.380 e. The van der Waals surface area contributed by atoms with Crippen LogP contribution in [0.15, 0.2) is 16.8 Å². The van der Waals surface area contributed by atoms with Gasteiger partial charge in [0.1, 0.15) is 11.7 Å². The van der Waals surface area contributed by atoms with Gasteiger partial charge in [0, 0.05) is 13.2 Å². The summed E-state index contributed by atoms with van der Waals surface area (Å²) in [5.74, 6) is 0.257. The number of nitrogens with one attached hydrogen (secondary N) is 1. The Kier molecular flexibility index (Phi) is 4.10. The Hall–Kier alpha value is -0.910. The summed E-state index contributed by atoms with van der Waals surface area (Å²) < 4.78 is 5.62. The molecule has 0 radical (unpaired) electrons. The zero-order chi connectivity index (χ0) is 14.0. The fraction of sp³-hybridized carbons (Fsp3) is 0.667. The van der Waals surface area contributed by atoms with E-state index in [4.69, 9.17) is 4.74 Å². The molecule has 1 unspecified atom stereocenters. The molecule has 110 valence electrons. The van der Waals surface area contributed by atoms with Crippen molar-refractivity contribution in [2.75, 3.05) is 19.8 Å². The Labute approximate surface area is 124 Å². The molecule has 1 aliphatic heterocycles. The highest BCUT2D eigenvalue weighted by Gasteiger charge is 2.59. The highest BCUT2D eigenvalue weighted by Crippen LogP contribution is 2.45. The lowest BCUT2D eigenvalue weighted by molar-refractivity contribution is -0.131. The van der Waals surface area contributed by atoms with Crippen molar-refractivity contribution in [3.05, 3.63) is 22.4 Å². The minimum Gasteiger partial charge on any atom is -0.380 e. The van der Waals surface area contributed by atoms with Gasteiger partial charge in [0.2, 0.25) is 5.91 Å². The number of nitrogens with zero attached hydrogens (tertiary/aromatic N) is 1. The first-order valence-electron chi connectivity index (χ1n) is 7.45. The van der Waals surface area contributed by atoms with Crippen LogP contribution in [0.2, 0.25) is 0 Å². The van der Waals surface area contributed by atoms with Gasteiger partial charge in [0.25, 0.3) is 0 Å². The average Bonchev–Trinajstić information content (AvgIpc) is 2.93. The van der Waals surface area contributed by atoms with Crippen molar-refractivity contribution in [3.8, 4) is 0 Å². The number of carbonyl (C=O) groups excluding carboxylic acids is 1. The van der Waals surface area contributed by atoms with Gasteiger partial charge >= 0.3 is 0 Å². The van der Waals surface area contributed by atoms with Crippen molar-refractivity contribution in [2.24, 2.45) is 0 Å². The van der Waals surface area contributed by atoms with E-state index in [0.717, 1.165) is 32.3 Å². The second-order valence-corrected chi connectivity index (χ2v) is 6.43. The number of amides is 1. The first-order valence-corrected chi connectivity index (χ1v) is 8.40. The summed E-state index contributed by atoms with van der Waals surface area (Å²) in [7, 11) is 0. The smallest absolute Gasteiger partial charge is 0.244 e. The normalized spacial score (nSPS) is 23.8. The molecule has 1 amide bonds. The number of ether oxygens (including phenoxy) is 1. The summed E-state index contributed by atoms with van der Waals surface area (Å²) in [6.07, 6.45) is 4.21. The van der Waals surface area contributed by atoms with Gasteiger partial charge in [-0.1, -0.05) is 13.3 Å². The molecule has 5 heteroatoms. The van der Waals surface area contributed by atoms with Gasteiger partial charge in [-0.3, -0.25) is 10.1 Å². The molecular formula is C15H22N2O2S. The van der Waals surface area contributed by atoms with Crippen molar-refractivity contribution in [3.63, 3.8) is 0 Å². The van der Waals surface area contributed by atoms with Crippen LogP contribution < -0.4 is 5.32 Å². The van der Waals surface area contributed by atoms with Crippen molar-refractivity contribution >= 4 is 17.2 Å². The Morgan fingerprint density at radius 1 is 1.50 bits per heavy atom. The van der Waals surface area contributed by atoms with Crippen molar-refractivity contribution in [1.29, 1.82) is 0 Å². The molecule has 0 bridgehead atoms. The van der Waals surface area contributed by atoms with Gasteiger partial charge < -0.3 is 9.64 Å². The van der Waals surface area contributed by atoms with Crippen LogP contribution in [0.5, 0.6) is 0 Å². The Balaban J connectivity index is 1.61. The van der Waals surface area contributed by atoms with Crippen LogP contribution in [0.1, 0.15) is 44.3 Å². The number of carbonyl (C=O) groups is 1. The van der Waals surface area contributed by atoms with E-state index in [2.05, 4.69) is 29.1 Å². The highest BCUT2D eigenvalue weighted by atomic mass is 32.1. The summed E-state index contributed by atoms with van der Waals surface area (Å²) in [5.41, 5.74) is 0.941. The van der Waals surface area contributed by atoms with Gasteiger partial charge in [-0.05, 0) is 41.7 Å². The first kappa shape index (κ1) is 14.0. The van der Waals surface area contributed by atoms with E-state index in [0.29, 0.717) is 13.2 Å². The SMILES string of the molecule is CCCCOCCN1C(=O)C2(CC2)NC1c1ccsc1. The van der Waals surface area contributed by atoms with E-state index in [1.165, 1.54) is 5.56 Å². The third-order valence-corrected chi connectivity index (χ3v) is 4.82. The maximum absolute atomic E-state index is 12.5. The molecule has 0 aromatic carbocycles. The van der Waals surface area contributed by atoms with Gasteiger partial charge in [0.15, 0.2) is 0 Å². The second kappa shape index (κ2) is 5.84. The maximum Gasteiger partial charge on any atom is 0.244 e. The molecule has 1 atom stereocenters. The Bertz CT molecular complexity index is 456. The van der Waals surface area contributed by atoms with E-state index in [9.17, 15) is 4.79 Å². The van der Waals surface area contributed by atoms with Crippen LogP contribution in [0, 0.1) is 0 Å². The van der Waals surface area contributed by atoms with Crippen molar-refractivity contribution in [2.45, 2.75) is 44.3 Å². The van der Waals surface area contributed by atoms with Gasteiger partial charge in [-0.15, -0.1) is 0 Å². The third kappa shape index (κ3) is 2.62. The lowest BCUT2D eigenvalue weighted by Gasteiger charge is -2.23. The van der Waals surface area contributed by atoms with Crippen LogP contribution in [-0.4, -0.2) is 36.1 Å². The van der Waals surface area contributed by atoms with Crippen LogP contribution >= 0.6 is 11.3 Å². The van der Waals surface area contributed by atoms with Crippen LogP contribution in [-0.2, 0) is 9.53 Å². The van der Waals surface area contributed by atoms with E-state index >= 15 is 0 Å². The van der Waals surface area contributed by atoms with E-state index < -0.39 is 0 Å². The van der Waals surface area contributed by atoms with E-state index in [-0.39, 0.29) is 17.6 Å². The third-order valence-electron chi connectivity index (χ3n) is 4.12. The summed E-state index contributed by atoms with van der Waals surface area (Å²) in [6, 6.07) is 2.10. The maximum atomic E-state index is 12.5. The Morgan fingerprint density at radius 2 is 2.35 bits per heavy atom. The minimum atomic E-state index is -0.254. The summed E-state index contributed by atoms with van der Waals surface area (Å²) in [6.45, 7) is 4.25. The molecule has 2 aliphatic rings. The number of rotatable bonds is 7. The number of hydrogen-bond acceptors (Lipinski definition) is 4. The summed E-state index contributed by atoms with van der Waals surface area (Å²) >= 11 is 1.68. The zero-order valence-corrected chi connectivity index (χ0v) is 12.7. The molecule has 1 saturated heterocycles. The topological polar surface area (TPSA) is 41.6 Å². The molecule has 2 fully saturated rings. The zero-order valence-electron chi connectivity index (χ0n) is 11.9. The van der Waals surface area contributed by atoms with Crippen LogP contribution in [0.25, 0.3) is 0 Å². The number of unbranched alkanes of at least 4 members (excludes halogenated alkanes) is 1. The second-order valence-electron chi connectivity index (χ2n) is 5.65. The standard InChI is InChI=1S/C15H22N2O2S/c1-2-3-8-19-9-7-17-13(12-4-10-20-11-12)16-15(5-6-15)14(17)18/h4,10-11,13,16H,2-3,5-9H2,1H3. The fourth-order valence-electron chi connectivity index (χ4n) is 2.71. The molecule has 1 saturated carbocycles.